The van der Waals surface area contributed by atoms with E-state index in [1.54, 1.807) is 12.1 Å². The van der Waals surface area contributed by atoms with Crippen LogP contribution in [0, 0.1) is 0 Å². The van der Waals surface area contributed by atoms with Gasteiger partial charge in [0.2, 0.25) is 0 Å². The Morgan fingerprint density at radius 1 is 1.32 bits per heavy atom. The molecule has 0 saturated carbocycles. The van der Waals surface area contributed by atoms with Crippen molar-refractivity contribution in [3.05, 3.63) is 35.9 Å². The van der Waals surface area contributed by atoms with Gasteiger partial charge in [-0.2, -0.15) is 0 Å². The fraction of sp³-hybridized carbons (Fsp3) is 0.500. The van der Waals surface area contributed by atoms with Gasteiger partial charge in [0.25, 0.3) is 0 Å². The van der Waals surface area contributed by atoms with E-state index in [2.05, 4.69) is 0 Å². The summed E-state index contributed by atoms with van der Waals surface area (Å²) < 4.78 is 10.7. The van der Waals surface area contributed by atoms with E-state index in [4.69, 9.17) is 9.47 Å². The maximum absolute atomic E-state index is 11.8. The highest BCUT2D eigenvalue weighted by Crippen LogP contribution is 2.02. The summed E-state index contributed by atoms with van der Waals surface area (Å²) in [4.78, 5) is 13.3. The van der Waals surface area contributed by atoms with Crippen molar-refractivity contribution >= 4 is 5.97 Å². The van der Waals surface area contributed by atoms with Gasteiger partial charge < -0.3 is 26.8 Å². The number of rotatable bonds is 4. The number of carbonyl (C=O) groups is 1. The Morgan fingerprint density at radius 3 is 2.58 bits per heavy atom. The van der Waals surface area contributed by atoms with Crippen LogP contribution in [-0.4, -0.2) is 44.9 Å². The standard InChI is InChI=1S/C14H19NO3.ClH/c1-12(11-15-7-9-17-10-8-15)18-14(16)13-5-3-2-4-6-13;/h2-6,12H,7-11H2,1H3;1H. The fourth-order valence-corrected chi connectivity index (χ4v) is 2.14. The van der Waals surface area contributed by atoms with Gasteiger partial charge in [-0.1, -0.05) is 18.2 Å². The van der Waals surface area contributed by atoms with Gasteiger partial charge in [0.15, 0.2) is 0 Å². The second-order valence-electron chi connectivity index (χ2n) is 4.65. The zero-order chi connectivity index (χ0) is 12.8. The summed E-state index contributed by atoms with van der Waals surface area (Å²) in [5.74, 6) is -0.240. The lowest BCUT2D eigenvalue weighted by molar-refractivity contribution is -0.910. The molecule has 1 N–H and O–H groups in total. The lowest BCUT2D eigenvalue weighted by Crippen LogP contribution is -3.15. The van der Waals surface area contributed by atoms with E-state index in [0.29, 0.717) is 5.56 Å². The minimum Gasteiger partial charge on any atom is -1.00 e. The monoisotopic (exact) mass is 285 g/mol. The number of halogens is 1. The van der Waals surface area contributed by atoms with Crippen molar-refractivity contribution in [1.29, 1.82) is 0 Å². The average Bonchev–Trinajstić information content (AvgIpc) is 2.40. The van der Waals surface area contributed by atoms with Crippen LogP contribution >= 0.6 is 0 Å². The van der Waals surface area contributed by atoms with Crippen LogP contribution in [0.15, 0.2) is 30.3 Å². The molecular weight excluding hydrogens is 266 g/mol. The van der Waals surface area contributed by atoms with Crippen molar-refractivity contribution in [2.24, 2.45) is 0 Å². The summed E-state index contributed by atoms with van der Waals surface area (Å²) in [6.07, 6.45) is -0.0641. The average molecular weight is 286 g/mol. The van der Waals surface area contributed by atoms with E-state index in [1.165, 1.54) is 4.90 Å². The minimum atomic E-state index is -0.240. The molecule has 0 bridgehead atoms. The first-order valence-electron chi connectivity index (χ1n) is 6.43. The van der Waals surface area contributed by atoms with Crippen LogP contribution in [-0.2, 0) is 9.47 Å². The van der Waals surface area contributed by atoms with Gasteiger partial charge in [-0.15, -0.1) is 0 Å². The summed E-state index contributed by atoms with van der Waals surface area (Å²) in [5.41, 5.74) is 0.612. The molecule has 106 valence electrons. The third-order valence-corrected chi connectivity index (χ3v) is 3.09. The van der Waals surface area contributed by atoms with Gasteiger partial charge in [-0.25, -0.2) is 4.79 Å². The first-order valence-corrected chi connectivity index (χ1v) is 6.43. The molecule has 1 aliphatic heterocycles. The third kappa shape index (κ3) is 5.19. The molecule has 0 amide bonds. The Morgan fingerprint density at radius 2 is 1.95 bits per heavy atom. The first kappa shape index (κ1) is 16.0. The first-order chi connectivity index (χ1) is 8.75. The van der Waals surface area contributed by atoms with Crippen LogP contribution in [0.5, 0.6) is 0 Å². The molecule has 4 nitrogen and oxygen atoms in total. The number of nitrogens with one attached hydrogen (secondary N) is 1. The van der Waals surface area contributed by atoms with Gasteiger partial charge in [0.1, 0.15) is 25.7 Å². The normalized spacial score (nSPS) is 17.3. The second-order valence-corrected chi connectivity index (χ2v) is 4.65. The van der Waals surface area contributed by atoms with Crippen molar-refractivity contribution < 1.29 is 31.6 Å². The molecule has 5 heteroatoms. The second kappa shape index (κ2) is 8.15. The van der Waals surface area contributed by atoms with Crippen molar-refractivity contribution in [2.75, 3.05) is 32.8 Å². The van der Waals surface area contributed by atoms with E-state index in [0.717, 1.165) is 32.8 Å². The molecule has 0 aromatic heterocycles. The number of ether oxygens (including phenoxy) is 2. The van der Waals surface area contributed by atoms with E-state index in [9.17, 15) is 4.79 Å². The van der Waals surface area contributed by atoms with Gasteiger partial charge in [0, 0.05) is 0 Å². The molecule has 2 rings (SSSR count). The van der Waals surface area contributed by atoms with Crippen molar-refractivity contribution in [3.63, 3.8) is 0 Å². The van der Waals surface area contributed by atoms with Crippen LogP contribution in [0.2, 0.25) is 0 Å². The summed E-state index contributed by atoms with van der Waals surface area (Å²) >= 11 is 0. The Balaban J connectivity index is 0.00000180. The molecule has 19 heavy (non-hydrogen) atoms. The smallest absolute Gasteiger partial charge is 0.338 e. The van der Waals surface area contributed by atoms with E-state index in [-0.39, 0.29) is 24.5 Å². The van der Waals surface area contributed by atoms with Crippen molar-refractivity contribution in [2.45, 2.75) is 13.0 Å². The zero-order valence-electron chi connectivity index (χ0n) is 11.1. The number of hydrogen-bond donors (Lipinski definition) is 1. The van der Waals surface area contributed by atoms with Crippen LogP contribution in [0.1, 0.15) is 17.3 Å². The zero-order valence-corrected chi connectivity index (χ0v) is 11.9. The topological polar surface area (TPSA) is 40.0 Å². The number of morpholine rings is 1. The van der Waals surface area contributed by atoms with E-state index >= 15 is 0 Å². The highest BCUT2D eigenvalue weighted by atomic mass is 35.5. The summed E-state index contributed by atoms with van der Waals surface area (Å²) in [5, 5.41) is 0. The predicted octanol–water partition coefficient (Wildman–Crippen LogP) is -2.85. The quantitative estimate of drug-likeness (QED) is 0.606. The molecule has 1 unspecified atom stereocenters. The number of hydrogen-bond acceptors (Lipinski definition) is 3. The molecule has 0 radical (unpaired) electrons. The fourth-order valence-electron chi connectivity index (χ4n) is 2.14. The van der Waals surface area contributed by atoms with Crippen molar-refractivity contribution in [3.8, 4) is 0 Å². The maximum atomic E-state index is 11.8. The molecule has 1 fully saturated rings. The molecule has 1 aromatic carbocycles. The minimum absolute atomic E-state index is 0. The third-order valence-electron chi connectivity index (χ3n) is 3.09. The van der Waals surface area contributed by atoms with Gasteiger partial charge in [0.05, 0.1) is 18.8 Å². The molecule has 0 aliphatic carbocycles. The lowest BCUT2D eigenvalue weighted by atomic mass is 10.2. The largest absolute Gasteiger partial charge is 1.00 e. The SMILES string of the molecule is CC(C[NH+]1CCOCC1)OC(=O)c1ccccc1.[Cl-]. The van der Waals surface area contributed by atoms with E-state index in [1.807, 2.05) is 25.1 Å². The maximum Gasteiger partial charge on any atom is 0.338 e. The van der Waals surface area contributed by atoms with Gasteiger partial charge in [-0.3, -0.25) is 0 Å². The Bertz CT molecular complexity index is 380. The number of carbonyl (C=O) groups excluding carboxylic acids is 1. The van der Waals surface area contributed by atoms with Crippen LogP contribution < -0.4 is 17.3 Å². The van der Waals surface area contributed by atoms with Crippen LogP contribution in [0.25, 0.3) is 0 Å². The lowest BCUT2D eigenvalue weighted by Gasteiger charge is -2.26. The number of benzene rings is 1. The summed E-state index contributed by atoms with van der Waals surface area (Å²) in [7, 11) is 0. The Hall–Kier alpha value is -1.10. The Labute approximate surface area is 120 Å². The molecule has 1 aromatic rings. The highest BCUT2D eigenvalue weighted by Gasteiger charge is 2.19. The highest BCUT2D eigenvalue weighted by molar-refractivity contribution is 5.89. The van der Waals surface area contributed by atoms with Gasteiger partial charge in [-0.05, 0) is 19.1 Å². The summed E-state index contributed by atoms with van der Waals surface area (Å²) in [6, 6.07) is 9.12. The molecule has 1 saturated heterocycles. The van der Waals surface area contributed by atoms with Crippen molar-refractivity contribution in [1.82, 2.24) is 0 Å². The van der Waals surface area contributed by atoms with E-state index < -0.39 is 0 Å². The molecular formula is C14H20ClNO3. The molecule has 1 atom stereocenters. The van der Waals surface area contributed by atoms with Crippen LogP contribution in [0.3, 0.4) is 0 Å². The summed E-state index contributed by atoms with van der Waals surface area (Å²) in [6.45, 7) is 6.38. The predicted molar refractivity (Wildman–Crippen MR) is 67.7 cm³/mol. The van der Waals surface area contributed by atoms with Gasteiger partial charge >= 0.3 is 5.97 Å². The number of quaternary nitrogens is 1. The molecule has 1 aliphatic rings. The molecule has 0 spiro atoms. The Kier molecular flexibility index (Phi) is 6.84. The number of esters is 1. The molecule has 1 heterocycles. The van der Waals surface area contributed by atoms with Crippen LogP contribution in [0.4, 0.5) is 0 Å².